The van der Waals surface area contributed by atoms with Crippen molar-refractivity contribution in [1.29, 1.82) is 0 Å². The van der Waals surface area contributed by atoms with Gasteiger partial charge in [-0.3, -0.25) is 4.79 Å². The maximum atomic E-state index is 10.7. The SMILES string of the molecule is CCCCCC(C)N1CCCC(CC(=O)O)C1. The number of aliphatic carboxylic acids is 1. The molecular formula is C14H27NO2. The van der Waals surface area contributed by atoms with Gasteiger partial charge in [-0.1, -0.05) is 26.2 Å². The normalized spacial score (nSPS) is 23.5. The van der Waals surface area contributed by atoms with Crippen LogP contribution in [0.1, 0.15) is 58.8 Å². The van der Waals surface area contributed by atoms with Gasteiger partial charge in [-0.05, 0) is 38.6 Å². The van der Waals surface area contributed by atoms with Crippen LogP contribution in [-0.2, 0) is 4.79 Å². The molecule has 0 aliphatic carbocycles. The lowest BCUT2D eigenvalue weighted by atomic mass is 9.93. The Morgan fingerprint density at radius 2 is 2.24 bits per heavy atom. The molecule has 1 heterocycles. The van der Waals surface area contributed by atoms with E-state index in [0.29, 0.717) is 18.4 Å². The molecule has 0 aromatic heterocycles. The molecule has 3 nitrogen and oxygen atoms in total. The van der Waals surface area contributed by atoms with Gasteiger partial charge in [0.15, 0.2) is 0 Å². The fraction of sp³-hybridized carbons (Fsp3) is 0.929. The molecular weight excluding hydrogens is 214 g/mol. The third-order valence-electron chi connectivity index (χ3n) is 3.86. The number of carboxylic acid groups (broad SMARTS) is 1. The third kappa shape index (κ3) is 5.53. The molecule has 2 atom stereocenters. The van der Waals surface area contributed by atoms with Gasteiger partial charge in [0.25, 0.3) is 0 Å². The molecule has 1 rings (SSSR count). The predicted molar refractivity (Wildman–Crippen MR) is 70.2 cm³/mol. The van der Waals surface area contributed by atoms with E-state index in [1.165, 1.54) is 25.7 Å². The van der Waals surface area contributed by atoms with E-state index in [0.717, 1.165) is 25.9 Å². The topological polar surface area (TPSA) is 40.5 Å². The Morgan fingerprint density at radius 1 is 1.47 bits per heavy atom. The highest BCUT2D eigenvalue weighted by atomic mass is 16.4. The first-order chi connectivity index (χ1) is 8.13. The summed E-state index contributed by atoms with van der Waals surface area (Å²) >= 11 is 0. The number of carboxylic acids is 1. The molecule has 0 saturated carbocycles. The van der Waals surface area contributed by atoms with Gasteiger partial charge in [0, 0.05) is 19.0 Å². The molecule has 17 heavy (non-hydrogen) atoms. The van der Waals surface area contributed by atoms with Crippen LogP contribution in [0.3, 0.4) is 0 Å². The Labute approximate surface area is 105 Å². The maximum Gasteiger partial charge on any atom is 0.303 e. The molecule has 2 unspecified atom stereocenters. The van der Waals surface area contributed by atoms with E-state index in [1.807, 2.05) is 0 Å². The second-order valence-corrected chi connectivity index (χ2v) is 5.45. The smallest absolute Gasteiger partial charge is 0.303 e. The second kappa shape index (κ2) is 7.70. The largest absolute Gasteiger partial charge is 0.481 e. The average molecular weight is 241 g/mol. The van der Waals surface area contributed by atoms with Gasteiger partial charge in [0.2, 0.25) is 0 Å². The van der Waals surface area contributed by atoms with Crippen molar-refractivity contribution >= 4 is 5.97 Å². The number of carbonyl (C=O) groups is 1. The molecule has 100 valence electrons. The minimum Gasteiger partial charge on any atom is -0.481 e. The molecule has 0 aromatic rings. The summed E-state index contributed by atoms with van der Waals surface area (Å²) in [6, 6.07) is 0.623. The van der Waals surface area contributed by atoms with Gasteiger partial charge in [-0.25, -0.2) is 0 Å². The summed E-state index contributed by atoms with van der Waals surface area (Å²) in [4.78, 5) is 13.2. The average Bonchev–Trinajstić information content (AvgIpc) is 2.28. The number of rotatable bonds is 7. The van der Waals surface area contributed by atoms with Crippen molar-refractivity contribution in [2.45, 2.75) is 64.8 Å². The quantitative estimate of drug-likeness (QED) is 0.696. The zero-order chi connectivity index (χ0) is 12.7. The first-order valence-electron chi connectivity index (χ1n) is 7.09. The van der Waals surface area contributed by atoms with Gasteiger partial charge in [0.05, 0.1) is 0 Å². The number of hydrogen-bond donors (Lipinski definition) is 1. The number of nitrogens with zero attached hydrogens (tertiary/aromatic N) is 1. The van der Waals surface area contributed by atoms with Crippen molar-refractivity contribution in [2.24, 2.45) is 5.92 Å². The van der Waals surface area contributed by atoms with Gasteiger partial charge >= 0.3 is 5.97 Å². The van der Waals surface area contributed by atoms with Crippen LogP contribution in [0.4, 0.5) is 0 Å². The minimum atomic E-state index is -0.643. The number of piperidine rings is 1. The van der Waals surface area contributed by atoms with Crippen LogP contribution in [0, 0.1) is 5.92 Å². The van der Waals surface area contributed by atoms with Crippen LogP contribution in [-0.4, -0.2) is 35.1 Å². The fourth-order valence-electron chi connectivity index (χ4n) is 2.78. The summed E-state index contributed by atoms with van der Waals surface area (Å²) < 4.78 is 0. The van der Waals surface area contributed by atoms with E-state index >= 15 is 0 Å². The molecule has 1 fully saturated rings. The Hall–Kier alpha value is -0.570. The molecule has 0 spiro atoms. The van der Waals surface area contributed by atoms with Crippen LogP contribution < -0.4 is 0 Å². The van der Waals surface area contributed by atoms with E-state index in [1.54, 1.807) is 0 Å². The van der Waals surface area contributed by atoms with Gasteiger partial charge in [-0.15, -0.1) is 0 Å². The lowest BCUT2D eigenvalue weighted by Crippen LogP contribution is -2.41. The summed E-state index contributed by atoms with van der Waals surface area (Å²) in [6.07, 6.45) is 7.75. The van der Waals surface area contributed by atoms with Crippen LogP contribution in [0.5, 0.6) is 0 Å². The maximum absolute atomic E-state index is 10.7. The Bertz CT molecular complexity index is 230. The Balaban J connectivity index is 2.29. The summed E-state index contributed by atoms with van der Waals surface area (Å²) in [5.41, 5.74) is 0. The van der Waals surface area contributed by atoms with Crippen molar-refractivity contribution < 1.29 is 9.90 Å². The van der Waals surface area contributed by atoms with Gasteiger partial charge < -0.3 is 10.0 Å². The second-order valence-electron chi connectivity index (χ2n) is 5.45. The molecule has 1 aliphatic rings. The molecule has 0 amide bonds. The zero-order valence-electron chi connectivity index (χ0n) is 11.3. The summed E-state index contributed by atoms with van der Waals surface area (Å²) in [6.45, 7) is 6.66. The lowest BCUT2D eigenvalue weighted by molar-refractivity contribution is -0.138. The highest BCUT2D eigenvalue weighted by Crippen LogP contribution is 2.22. The van der Waals surface area contributed by atoms with Crippen molar-refractivity contribution in [3.05, 3.63) is 0 Å². The van der Waals surface area contributed by atoms with Crippen LogP contribution >= 0.6 is 0 Å². The molecule has 1 N–H and O–H groups in total. The first-order valence-corrected chi connectivity index (χ1v) is 7.09. The van der Waals surface area contributed by atoms with E-state index in [9.17, 15) is 4.79 Å². The monoisotopic (exact) mass is 241 g/mol. The lowest BCUT2D eigenvalue weighted by Gasteiger charge is -2.36. The molecule has 0 bridgehead atoms. The van der Waals surface area contributed by atoms with E-state index in [-0.39, 0.29) is 0 Å². The van der Waals surface area contributed by atoms with Crippen molar-refractivity contribution in [2.75, 3.05) is 13.1 Å². The minimum absolute atomic E-state index is 0.345. The predicted octanol–water partition coefficient (Wildman–Crippen LogP) is 3.14. The van der Waals surface area contributed by atoms with Crippen LogP contribution in [0.25, 0.3) is 0 Å². The zero-order valence-corrected chi connectivity index (χ0v) is 11.3. The number of hydrogen-bond acceptors (Lipinski definition) is 2. The Morgan fingerprint density at radius 3 is 2.88 bits per heavy atom. The van der Waals surface area contributed by atoms with Crippen LogP contribution in [0.2, 0.25) is 0 Å². The summed E-state index contributed by atoms with van der Waals surface area (Å²) in [5, 5.41) is 8.85. The molecule has 1 aliphatic heterocycles. The van der Waals surface area contributed by atoms with Gasteiger partial charge in [-0.2, -0.15) is 0 Å². The van der Waals surface area contributed by atoms with E-state index in [4.69, 9.17) is 5.11 Å². The molecule has 3 heteroatoms. The highest BCUT2D eigenvalue weighted by molar-refractivity contribution is 5.67. The molecule has 1 saturated heterocycles. The number of unbranched alkanes of at least 4 members (excludes halogenated alkanes) is 2. The number of likely N-dealkylation sites (tertiary alicyclic amines) is 1. The van der Waals surface area contributed by atoms with Crippen molar-refractivity contribution in [3.63, 3.8) is 0 Å². The standard InChI is InChI=1S/C14H27NO2/c1-3-4-5-7-12(2)15-9-6-8-13(11-15)10-14(16)17/h12-13H,3-11H2,1-2H3,(H,16,17). The van der Waals surface area contributed by atoms with Crippen molar-refractivity contribution in [3.8, 4) is 0 Å². The first kappa shape index (κ1) is 14.5. The van der Waals surface area contributed by atoms with E-state index < -0.39 is 5.97 Å². The van der Waals surface area contributed by atoms with Gasteiger partial charge in [0.1, 0.15) is 0 Å². The van der Waals surface area contributed by atoms with Crippen LogP contribution in [0.15, 0.2) is 0 Å². The fourth-order valence-corrected chi connectivity index (χ4v) is 2.78. The van der Waals surface area contributed by atoms with Crippen molar-refractivity contribution in [1.82, 2.24) is 4.90 Å². The van der Waals surface area contributed by atoms with E-state index in [2.05, 4.69) is 18.7 Å². The summed E-state index contributed by atoms with van der Waals surface area (Å²) in [5.74, 6) is -0.273. The highest BCUT2D eigenvalue weighted by Gasteiger charge is 2.24. The molecule has 0 radical (unpaired) electrons. The third-order valence-corrected chi connectivity index (χ3v) is 3.86. The summed E-state index contributed by atoms with van der Waals surface area (Å²) in [7, 11) is 0. The Kier molecular flexibility index (Phi) is 6.56. The molecule has 0 aromatic carbocycles.